The normalized spacial score (nSPS) is 16.9. The molecular weight excluding hydrogens is 254 g/mol. The average Bonchev–Trinajstić information content (AvgIpc) is 2.86. The monoisotopic (exact) mass is 279 g/mol. The summed E-state index contributed by atoms with van der Waals surface area (Å²) in [7, 11) is 0. The lowest BCUT2D eigenvalue weighted by Crippen LogP contribution is -2.47. The molecule has 0 spiro atoms. The summed E-state index contributed by atoms with van der Waals surface area (Å²) < 4.78 is 1.61. The third kappa shape index (κ3) is 3.50. The maximum Gasteiger partial charge on any atom is 0.244 e. The Morgan fingerprint density at radius 2 is 2.05 bits per heavy atom. The van der Waals surface area contributed by atoms with Crippen molar-refractivity contribution in [2.24, 2.45) is 0 Å². The number of hydrogen-bond donors (Lipinski definition) is 1. The van der Waals surface area contributed by atoms with Crippen molar-refractivity contribution in [1.29, 1.82) is 0 Å². The molecule has 1 amide bonds. The number of carbonyl (C=O) groups is 1. The minimum absolute atomic E-state index is 0.131. The fourth-order valence-electron chi connectivity index (χ4n) is 2.93. The Hall–Kier alpha value is -1.56. The zero-order valence-electron chi connectivity index (χ0n) is 12.5. The van der Waals surface area contributed by atoms with Crippen molar-refractivity contribution in [3.63, 3.8) is 0 Å². The molecule has 1 aliphatic heterocycles. The van der Waals surface area contributed by atoms with E-state index in [1.54, 1.807) is 17.1 Å². The predicted octanol–water partition coefficient (Wildman–Crippen LogP) is 0.798. The topological polar surface area (TPSA) is 67.4 Å². The van der Waals surface area contributed by atoms with Gasteiger partial charge in [0.2, 0.25) is 5.91 Å². The maximum atomic E-state index is 12.2. The van der Waals surface area contributed by atoms with E-state index in [-0.39, 0.29) is 12.5 Å². The molecule has 0 saturated carbocycles. The van der Waals surface area contributed by atoms with Gasteiger partial charge in [-0.1, -0.05) is 13.8 Å². The van der Waals surface area contributed by atoms with E-state index in [9.17, 15) is 4.79 Å². The van der Waals surface area contributed by atoms with Gasteiger partial charge in [0.15, 0.2) is 0 Å². The molecule has 0 aliphatic carbocycles. The number of aromatic nitrogens is 2. The molecule has 0 atom stereocenters. The summed E-state index contributed by atoms with van der Waals surface area (Å²) >= 11 is 0. The van der Waals surface area contributed by atoms with Crippen LogP contribution in [-0.4, -0.2) is 57.7 Å². The SMILES string of the molecule is CCN(CC)C1CCN(C(=O)Cn2cc(N)cn2)CC1. The summed E-state index contributed by atoms with van der Waals surface area (Å²) in [6.45, 7) is 8.54. The molecule has 1 aromatic rings. The van der Waals surface area contributed by atoms with Crippen LogP contribution in [0.5, 0.6) is 0 Å². The Morgan fingerprint density at radius 1 is 1.40 bits per heavy atom. The van der Waals surface area contributed by atoms with Gasteiger partial charge in [0.05, 0.1) is 11.9 Å². The highest BCUT2D eigenvalue weighted by Gasteiger charge is 2.25. The molecule has 1 aliphatic rings. The summed E-state index contributed by atoms with van der Waals surface area (Å²) in [5.41, 5.74) is 6.20. The largest absolute Gasteiger partial charge is 0.396 e. The van der Waals surface area contributed by atoms with Crippen molar-refractivity contribution < 1.29 is 4.79 Å². The molecule has 1 saturated heterocycles. The van der Waals surface area contributed by atoms with Crippen LogP contribution < -0.4 is 5.73 Å². The highest BCUT2D eigenvalue weighted by Crippen LogP contribution is 2.16. The summed E-state index contributed by atoms with van der Waals surface area (Å²) in [6, 6.07) is 0.620. The van der Waals surface area contributed by atoms with E-state index in [1.807, 2.05) is 4.90 Å². The molecule has 0 aromatic carbocycles. The van der Waals surface area contributed by atoms with Crippen LogP contribution in [0.4, 0.5) is 5.69 Å². The summed E-state index contributed by atoms with van der Waals surface area (Å²) in [5.74, 6) is 0.131. The van der Waals surface area contributed by atoms with Crippen LogP contribution in [0.1, 0.15) is 26.7 Å². The molecule has 112 valence electrons. The molecule has 6 nitrogen and oxygen atoms in total. The van der Waals surface area contributed by atoms with E-state index >= 15 is 0 Å². The van der Waals surface area contributed by atoms with Gasteiger partial charge in [-0.2, -0.15) is 5.10 Å². The van der Waals surface area contributed by atoms with Crippen LogP contribution in [0.15, 0.2) is 12.4 Å². The Balaban J connectivity index is 1.82. The molecule has 0 bridgehead atoms. The van der Waals surface area contributed by atoms with E-state index in [2.05, 4.69) is 23.8 Å². The molecule has 2 heterocycles. The fourth-order valence-corrected chi connectivity index (χ4v) is 2.93. The van der Waals surface area contributed by atoms with Gasteiger partial charge in [-0.25, -0.2) is 0 Å². The van der Waals surface area contributed by atoms with E-state index in [0.717, 1.165) is 39.0 Å². The molecule has 2 rings (SSSR count). The van der Waals surface area contributed by atoms with Crippen molar-refractivity contribution in [1.82, 2.24) is 19.6 Å². The number of nitrogens with zero attached hydrogens (tertiary/aromatic N) is 4. The highest BCUT2D eigenvalue weighted by molar-refractivity contribution is 5.76. The first-order chi connectivity index (χ1) is 9.63. The van der Waals surface area contributed by atoms with Crippen molar-refractivity contribution >= 4 is 11.6 Å². The van der Waals surface area contributed by atoms with Gasteiger partial charge in [0.1, 0.15) is 6.54 Å². The van der Waals surface area contributed by atoms with E-state index in [0.29, 0.717) is 11.7 Å². The second-order valence-corrected chi connectivity index (χ2v) is 5.30. The standard InChI is InChI=1S/C14H25N5O/c1-3-17(4-2)13-5-7-18(8-6-13)14(20)11-19-10-12(15)9-16-19/h9-10,13H,3-8,11,15H2,1-2H3. The number of rotatable bonds is 5. The Kier molecular flexibility index (Phi) is 5.00. The van der Waals surface area contributed by atoms with Gasteiger partial charge in [0, 0.05) is 25.3 Å². The second kappa shape index (κ2) is 6.74. The minimum atomic E-state index is 0.131. The Labute approximate surface area is 120 Å². The fraction of sp³-hybridized carbons (Fsp3) is 0.714. The first kappa shape index (κ1) is 14.8. The summed E-state index contributed by atoms with van der Waals surface area (Å²) in [5, 5.41) is 4.06. The van der Waals surface area contributed by atoms with E-state index in [4.69, 9.17) is 5.73 Å². The number of anilines is 1. The first-order valence-corrected chi connectivity index (χ1v) is 7.43. The van der Waals surface area contributed by atoms with Gasteiger partial charge < -0.3 is 15.5 Å². The van der Waals surface area contributed by atoms with E-state index in [1.165, 1.54) is 0 Å². The molecule has 0 radical (unpaired) electrons. The van der Waals surface area contributed by atoms with Crippen LogP contribution in [0.2, 0.25) is 0 Å². The molecule has 2 N–H and O–H groups in total. The summed E-state index contributed by atoms with van der Waals surface area (Å²) in [6.07, 6.45) is 5.39. The van der Waals surface area contributed by atoms with Crippen LogP contribution in [0, 0.1) is 0 Å². The number of likely N-dealkylation sites (tertiary alicyclic amines) is 1. The van der Waals surface area contributed by atoms with Crippen LogP contribution in [0.25, 0.3) is 0 Å². The third-order valence-electron chi connectivity index (χ3n) is 4.10. The van der Waals surface area contributed by atoms with Crippen molar-refractivity contribution in [3.8, 4) is 0 Å². The molecule has 1 fully saturated rings. The zero-order valence-corrected chi connectivity index (χ0v) is 12.5. The first-order valence-electron chi connectivity index (χ1n) is 7.43. The van der Waals surface area contributed by atoms with Gasteiger partial charge in [-0.05, 0) is 25.9 Å². The van der Waals surface area contributed by atoms with Crippen molar-refractivity contribution in [2.75, 3.05) is 31.9 Å². The predicted molar refractivity (Wildman–Crippen MR) is 79.2 cm³/mol. The number of nitrogens with two attached hydrogens (primary N) is 1. The lowest BCUT2D eigenvalue weighted by atomic mass is 10.0. The quantitative estimate of drug-likeness (QED) is 0.865. The molecule has 0 unspecified atom stereocenters. The minimum Gasteiger partial charge on any atom is -0.396 e. The van der Waals surface area contributed by atoms with Crippen LogP contribution in [0.3, 0.4) is 0 Å². The number of nitrogen functional groups attached to an aromatic ring is 1. The lowest BCUT2D eigenvalue weighted by Gasteiger charge is -2.37. The van der Waals surface area contributed by atoms with E-state index < -0.39 is 0 Å². The maximum absolute atomic E-state index is 12.2. The van der Waals surface area contributed by atoms with Crippen LogP contribution in [-0.2, 0) is 11.3 Å². The molecule has 1 aromatic heterocycles. The number of amides is 1. The highest BCUT2D eigenvalue weighted by atomic mass is 16.2. The number of hydrogen-bond acceptors (Lipinski definition) is 4. The Morgan fingerprint density at radius 3 is 2.55 bits per heavy atom. The molecular formula is C14H25N5O. The molecule has 20 heavy (non-hydrogen) atoms. The second-order valence-electron chi connectivity index (χ2n) is 5.30. The average molecular weight is 279 g/mol. The number of piperidine rings is 1. The lowest BCUT2D eigenvalue weighted by molar-refractivity contribution is -0.133. The smallest absolute Gasteiger partial charge is 0.244 e. The molecule has 6 heteroatoms. The summed E-state index contributed by atoms with van der Waals surface area (Å²) in [4.78, 5) is 16.6. The zero-order chi connectivity index (χ0) is 14.5. The van der Waals surface area contributed by atoms with Crippen molar-refractivity contribution in [3.05, 3.63) is 12.4 Å². The van der Waals surface area contributed by atoms with Gasteiger partial charge >= 0.3 is 0 Å². The van der Waals surface area contributed by atoms with Gasteiger partial charge in [-0.15, -0.1) is 0 Å². The van der Waals surface area contributed by atoms with Gasteiger partial charge in [0.25, 0.3) is 0 Å². The Bertz CT molecular complexity index is 433. The number of carbonyl (C=O) groups excluding carboxylic acids is 1. The van der Waals surface area contributed by atoms with Crippen LogP contribution >= 0.6 is 0 Å². The van der Waals surface area contributed by atoms with Crippen molar-refractivity contribution in [2.45, 2.75) is 39.3 Å². The van der Waals surface area contributed by atoms with Gasteiger partial charge in [-0.3, -0.25) is 9.48 Å². The third-order valence-corrected chi connectivity index (χ3v) is 4.10.